The molecule has 10 heteroatoms. The molecule has 0 unspecified atom stereocenters. The number of aliphatic hydroxyl groups is 1. The molecule has 1 heterocycles. The van der Waals surface area contributed by atoms with Gasteiger partial charge in [-0.15, -0.1) is 0 Å². The number of sulfonamides is 1. The predicted octanol–water partition coefficient (Wildman–Crippen LogP) is 3.05. The SMILES string of the molecule is COc1ccc(S(=O)(=O)N(CCO)CCO[C@H]2C[C@@H](C(C)C)C=C(C(=O)NC3CCCCC3)O2)cc1. The van der Waals surface area contributed by atoms with Crippen LogP contribution in [-0.2, 0) is 24.3 Å². The van der Waals surface area contributed by atoms with Crippen molar-refractivity contribution in [3.05, 3.63) is 36.1 Å². The van der Waals surface area contributed by atoms with E-state index in [1.165, 1.54) is 30.0 Å². The molecule has 0 radical (unpaired) electrons. The Balaban J connectivity index is 1.61. The van der Waals surface area contributed by atoms with E-state index in [-0.39, 0.29) is 54.8 Å². The van der Waals surface area contributed by atoms with Crippen molar-refractivity contribution in [3.63, 3.8) is 0 Å². The van der Waals surface area contributed by atoms with Crippen LogP contribution in [0, 0.1) is 11.8 Å². The molecule has 9 nitrogen and oxygen atoms in total. The zero-order valence-corrected chi connectivity index (χ0v) is 22.3. The van der Waals surface area contributed by atoms with Crippen molar-refractivity contribution in [2.75, 3.05) is 33.4 Å². The number of amides is 1. The van der Waals surface area contributed by atoms with Crippen LogP contribution >= 0.6 is 0 Å². The summed E-state index contributed by atoms with van der Waals surface area (Å²) < 4.78 is 44.3. The lowest BCUT2D eigenvalue weighted by atomic mass is 9.90. The van der Waals surface area contributed by atoms with Crippen LogP contribution < -0.4 is 10.1 Å². The van der Waals surface area contributed by atoms with Gasteiger partial charge in [0.1, 0.15) is 5.75 Å². The number of rotatable bonds is 12. The van der Waals surface area contributed by atoms with Gasteiger partial charge in [0, 0.05) is 25.6 Å². The average molecular weight is 525 g/mol. The Morgan fingerprint density at radius 2 is 1.86 bits per heavy atom. The number of allylic oxidation sites excluding steroid dienone is 1. The van der Waals surface area contributed by atoms with Gasteiger partial charge < -0.3 is 24.6 Å². The fourth-order valence-corrected chi connectivity index (χ4v) is 5.97. The molecule has 2 N–H and O–H groups in total. The fraction of sp³-hybridized carbons (Fsp3) is 0.654. The number of ether oxygens (including phenoxy) is 3. The molecule has 1 fully saturated rings. The van der Waals surface area contributed by atoms with Crippen molar-refractivity contribution in [2.45, 2.75) is 69.6 Å². The summed E-state index contributed by atoms with van der Waals surface area (Å²) in [6.45, 7) is 3.89. The van der Waals surface area contributed by atoms with Gasteiger partial charge in [-0.25, -0.2) is 8.42 Å². The number of carbonyl (C=O) groups is 1. The Bertz CT molecular complexity index is 973. The molecule has 1 amide bonds. The summed E-state index contributed by atoms with van der Waals surface area (Å²) in [6.07, 6.45) is 7.21. The minimum absolute atomic E-state index is 0.0362. The molecule has 1 aromatic carbocycles. The third-order valence-corrected chi connectivity index (χ3v) is 8.71. The minimum Gasteiger partial charge on any atom is -0.497 e. The number of nitrogens with one attached hydrogen (secondary N) is 1. The molecule has 0 spiro atoms. The second kappa shape index (κ2) is 13.4. The zero-order valence-electron chi connectivity index (χ0n) is 21.5. The maximum Gasteiger partial charge on any atom is 0.286 e. The van der Waals surface area contributed by atoms with E-state index in [0.717, 1.165) is 25.7 Å². The van der Waals surface area contributed by atoms with Gasteiger partial charge in [0.25, 0.3) is 5.91 Å². The molecule has 0 saturated heterocycles. The molecule has 1 saturated carbocycles. The van der Waals surface area contributed by atoms with Gasteiger partial charge in [-0.2, -0.15) is 4.31 Å². The smallest absolute Gasteiger partial charge is 0.286 e. The van der Waals surface area contributed by atoms with Gasteiger partial charge in [0.15, 0.2) is 5.76 Å². The number of benzene rings is 1. The van der Waals surface area contributed by atoms with Gasteiger partial charge >= 0.3 is 0 Å². The first kappa shape index (κ1) is 28.4. The summed E-state index contributed by atoms with van der Waals surface area (Å²) in [5, 5.41) is 12.6. The number of hydrogen-bond acceptors (Lipinski definition) is 7. The predicted molar refractivity (Wildman–Crippen MR) is 136 cm³/mol. The molecular formula is C26H40N2O7S. The van der Waals surface area contributed by atoms with Crippen LogP contribution in [0.5, 0.6) is 5.75 Å². The van der Waals surface area contributed by atoms with Crippen LogP contribution in [0.25, 0.3) is 0 Å². The molecule has 2 atom stereocenters. The summed E-state index contributed by atoms with van der Waals surface area (Å²) in [7, 11) is -2.32. The maximum absolute atomic E-state index is 13.1. The van der Waals surface area contributed by atoms with E-state index in [9.17, 15) is 18.3 Å². The van der Waals surface area contributed by atoms with E-state index in [0.29, 0.717) is 18.1 Å². The number of hydrogen-bond donors (Lipinski definition) is 2. The molecule has 0 bridgehead atoms. The lowest BCUT2D eigenvalue weighted by molar-refractivity contribution is -0.151. The van der Waals surface area contributed by atoms with E-state index < -0.39 is 16.3 Å². The van der Waals surface area contributed by atoms with E-state index >= 15 is 0 Å². The van der Waals surface area contributed by atoms with Gasteiger partial charge in [-0.05, 0) is 55.0 Å². The van der Waals surface area contributed by atoms with Crippen LogP contribution in [0.15, 0.2) is 41.0 Å². The van der Waals surface area contributed by atoms with Crippen LogP contribution in [0.2, 0.25) is 0 Å². The zero-order chi connectivity index (χ0) is 26.1. The molecule has 0 aromatic heterocycles. The van der Waals surface area contributed by atoms with E-state index in [2.05, 4.69) is 19.2 Å². The highest BCUT2D eigenvalue weighted by atomic mass is 32.2. The summed E-state index contributed by atoms with van der Waals surface area (Å²) in [5.41, 5.74) is 0. The van der Waals surface area contributed by atoms with Gasteiger partial charge in [-0.1, -0.05) is 33.1 Å². The van der Waals surface area contributed by atoms with Gasteiger partial charge in [0.05, 0.1) is 25.2 Å². The monoisotopic (exact) mass is 524 g/mol. The van der Waals surface area contributed by atoms with Crippen LogP contribution in [0.4, 0.5) is 0 Å². The molecule has 3 rings (SSSR count). The number of carbonyl (C=O) groups excluding carboxylic acids is 1. The van der Waals surface area contributed by atoms with E-state index in [4.69, 9.17) is 14.2 Å². The first-order valence-electron chi connectivity index (χ1n) is 12.8. The second-order valence-corrected chi connectivity index (χ2v) is 11.6. The van der Waals surface area contributed by atoms with E-state index in [1.807, 2.05) is 6.08 Å². The second-order valence-electron chi connectivity index (χ2n) is 9.70. The molecule has 2 aliphatic rings. The molecule has 1 aliphatic heterocycles. The largest absolute Gasteiger partial charge is 0.497 e. The highest BCUT2D eigenvalue weighted by molar-refractivity contribution is 7.89. The third kappa shape index (κ3) is 7.68. The summed E-state index contributed by atoms with van der Waals surface area (Å²) in [6, 6.07) is 6.27. The fourth-order valence-electron chi connectivity index (χ4n) is 4.56. The number of aliphatic hydroxyl groups excluding tert-OH is 1. The van der Waals surface area contributed by atoms with Crippen molar-refractivity contribution in [1.82, 2.24) is 9.62 Å². The van der Waals surface area contributed by atoms with Crippen LogP contribution in [-0.4, -0.2) is 69.5 Å². The highest BCUT2D eigenvalue weighted by Gasteiger charge is 2.31. The molecule has 1 aromatic rings. The van der Waals surface area contributed by atoms with Crippen molar-refractivity contribution in [1.29, 1.82) is 0 Å². The summed E-state index contributed by atoms with van der Waals surface area (Å²) in [5.74, 6) is 1.00. The Kier molecular flexibility index (Phi) is 10.6. The van der Waals surface area contributed by atoms with Gasteiger partial charge in [0.2, 0.25) is 16.3 Å². The molecule has 36 heavy (non-hydrogen) atoms. The first-order chi connectivity index (χ1) is 17.2. The summed E-state index contributed by atoms with van der Waals surface area (Å²) in [4.78, 5) is 13.0. The standard InChI is InChI=1S/C26H40N2O7S/c1-19(2)20-17-24(26(30)27-21-7-5-4-6-8-21)35-25(18-20)34-16-14-28(13-15-29)36(31,32)23-11-9-22(33-3)10-12-23/h9-12,17,19-21,25,29H,4-8,13-16,18H2,1-3H3,(H,27,30)/t20-,25+/m0/s1. The van der Waals surface area contributed by atoms with Crippen LogP contribution in [0.3, 0.4) is 0 Å². The topological polar surface area (TPSA) is 114 Å². The third-order valence-electron chi connectivity index (χ3n) is 6.80. The Hall–Kier alpha value is -2.14. The molecule has 1 aliphatic carbocycles. The minimum atomic E-state index is -3.83. The summed E-state index contributed by atoms with van der Waals surface area (Å²) >= 11 is 0. The Morgan fingerprint density at radius 3 is 2.47 bits per heavy atom. The lowest BCUT2D eigenvalue weighted by Crippen LogP contribution is -2.41. The maximum atomic E-state index is 13.1. The van der Waals surface area contributed by atoms with Crippen molar-refractivity contribution < 1.29 is 32.5 Å². The highest BCUT2D eigenvalue weighted by Crippen LogP contribution is 2.29. The van der Waals surface area contributed by atoms with Gasteiger partial charge in [-0.3, -0.25) is 4.79 Å². The lowest BCUT2D eigenvalue weighted by Gasteiger charge is -2.32. The van der Waals surface area contributed by atoms with Crippen molar-refractivity contribution in [2.24, 2.45) is 11.8 Å². The average Bonchev–Trinajstić information content (AvgIpc) is 2.88. The van der Waals surface area contributed by atoms with Crippen molar-refractivity contribution in [3.8, 4) is 5.75 Å². The molecular weight excluding hydrogens is 484 g/mol. The molecule has 202 valence electrons. The Morgan fingerprint density at radius 1 is 1.17 bits per heavy atom. The first-order valence-corrected chi connectivity index (χ1v) is 14.2. The Labute approximate surface area is 214 Å². The normalized spacial score (nSPS) is 21.2. The van der Waals surface area contributed by atoms with Crippen molar-refractivity contribution >= 4 is 15.9 Å². The number of methoxy groups -OCH3 is 1. The number of nitrogens with zero attached hydrogens (tertiary/aromatic N) is 1. The quantitative estimate of drug-likeness (QED) is 0.432. The van der Waals surface area contributed by atoms with Crippen LogP contribution in [0.1, 0.15) is 52.4 Å². The van der Waals surface area contributed by atoms with E-state index in [1.54, 1.807) is 12.1 Å².